The lowest BCUT2D eigenvalue weighted by molar-refractivity contribution is 0.307. The third-order valence-corrected chi connectivity index (χ3v) is 4.47. The molecular formula is C16H23N3OS. The van der Waals surface area contributed by atoms with Gasteiger partial charge in [-0.05, 0) is 30.0 Å². The van der Waals surface area contributed by atoms with Crippen LogP contribution in [0.3, 0.4) is 0 Å². The van der Waals surface area contributed by atoms with Gasteiger partial charge in [-0.2, -0.15) is 4.98 Å². The quantitative estimate of drug-likeness (QED) is 0.814. The first kappa shape index (κ1) is 15.6. The van der Waals surface area contributed by atoms with Gasteiger partial charge in [0.05, 0.1) is 12.3 Å². The van der Waals surface area contributed by atoms with Crippen molar-refractivity contribution in [1.29, 1.82) is 0 Å². The molecule has 3 N–H and O–H groups in total. The maximum absolute atomic E-state index is 5.88. The number of hydrogen-bond donors (Lipinski definition) is 2. The largest absolute Gasteiger partial charge is 0.476 e. The first-order valence-electron chi connectivity index (χ1n) is 7.20. The Hall–Kier alpha value is -1.75. The van der Waals surface area contributed by atoms with Crippen LogP contribution in [0.2, 0.25) is 0 Å². The fourth-order valence-electron chi connectivity index (χ4n) is 1.93. The lowest BCUT2D eigenvalue weighted by atomic mass is 9.91. The van der Waals surface area contributed by atoms with Crippen molar-refractivity contribution in [2.75, 3.05) is 24.2 Å². The van der Waals surface area contributed by atoms with Crippen LogP contribution in [0.5, 0.6) is 5.88 Å². The van der Waals surface area contributed by atoms with Gasteiger partial charge < -0.3 is 15.8 Å². The molecule has 0 aliphatic heterocycles. The summed E-state index contributed by atoms with van der Waals surface area (Å²) in [4.78, 5) is 5.79. The number of nitrogen functional groups attached to an aromatic ring is 1. The first-order valence-corrected chi connectivity index (χ1v) is 8.08. The van der Waals surface area contributed by atoms with Crippen molar-refractivity contribution in [2.24, 2.45) is 0 Å². The normalized spacial score (nSPS) is 11.4. The third kappa shape index (κ3) is 4.11. The van der Waals surface area contributed by atoms with Crippen LogP contribution in [0, 0.1) is 0 Å². The maximum atomic E-state index is 5.88. The number of ether oxygens (including phenoxy) is 1. The van der Waals surface area contributed by atoms with Gasteiger partial charge in [-0.25, -0.2) is 0 Å². The number of rotatable bonds is 7. The Morgan fingerprint density at radius 3 is 2.81 bits per heavy atom. The number of nitrogens with zero attached hydrogens (tertiary/aromatic N) is 1. The number of anilines is 2. The Labute approximate surface area is 130 Å². The third-order valence-electron chi connectivity index (χ3n) is 3.23. The van der Waals surface area contributed by atoms with Crippen LogP contribution in [-0.4, -0.2) is 18.1 Å². The van der Waals surface area contributed by atoms with E-state index in [9.17, 15) is 0 Å². The Bertz CT molecular complexity index is 567. The van der Waals surface area contributed by atoms with E-state index < -0.39 is 0 Å². The van der Waals surface area contributed by atoms with Crippen LogP contribution in [0.1, 0.15) is 32.1 Å². The maximum Gasteiger partial charge on any atom is 0.239 e. The molecule has 2 aromatic rings. The van der Waals surface area contributed by atoms with Crippen LogP contribution in [0.15, 0.2) is 29.6 Å². The summed E-state index contributed by atoms with van der Waals surface area (Å²) in [6.45, 7) is 7.93. The van der Waals surface area contributed by atoms with Crippen molar-refractivity contribution in [1.82, 2.24) is 4.98 Å². The van der Waals surface area contributed by atoms with Crippen molar-refractivity contribution < 1.29 is 4.74 Å². The van der Waals surface area contributed by atoms with Crippen LogP contribution in [0.4, 0.5) is 11.5 Å². The summed E-state index contributed by atoms with van der Waals surface area (Å²) in [7, 11) is 0. The monoisotopic (exact) mass is 305 g/mol. The molecule has 114 valence electrons. The highest BCUT2D eigenvalue weighted by Crippen LogP contribution is 2.28. The molecule has 0 bridgehead atoms. The molecule has 2 heterocycles. The second kappa shape index (κ2) is 6.80. The number of thiophene rings is 1. The van der Waals surface area contributed by atoms with E-state index in [1.807, 2.05) is 12.1 Å². The van der Waals surface area contributed by atoms with Gasteiger partial charge in [0.2, 0.25) is 5.88 Å². The average molecular weight is 305 g/mol. The molecule has 0 spiro atoms. The fraction of sp³-hybridized carbons (Fsp3) is 0.438. The van der Waals surface area contributed by atoms with Crippen molar-refractivity contribution in [3.05, 3.63) is 34.5 Å². The predicted octanol–water partition coefficient (Wildman–Crippen LogP) is 3.90. The second-order valence-electron chi connectivity index (χ2n) is 5.65. The summed E-state index contributed by atoms with van der Waals surface area (Å²) in [6, 6.07) is 7.97. The van der Waals surface area contributed by atoms with Crippen LogP contribution in [0.25, 0.3) is 0 Å². The van der Waals surface area contributed by atoms with Gasteiger partial charge in [-0.15, -0.1) is 11.3 Å². The summed E-state index contributed by atoms with van der Waals surface area (Å²) < 4.78 is 5.56. The molecule has 0 saturated heterocycles. The second-order valence-corrected chi connectivity index (χ2v) is 6.60. The fourth-order valence-corrected chi connectivity index (χ4v) is 2.78. The minimum absolute atomic E-state index is 0.0572. The number of nitrogens with one attached hydrogen (secondary N) is 1. The molecule has 0 atom stereocenters. The molecule has 0 aromatic carbocycles. The predicted molar refractivity (Wildman–Crippen MR) is 90.3 cm³/mol. The first-order chi connectivity index (χ1) is 10.0. The molecule has 2 rings (SSSR count). The molecule has 21 heavy (non-hydrogen) atoms. The number of pyridine rings is 1. The molecule has 0 unspecified atom stereocenters. The van der Waals surface area contributed by atoms with Gasteiger partial charge in [0, 0.05) is 16.8 Å². The summed E-state index contributed by atoms with van der Waals surface area (Å²) in [5, 5.41) is 5.48. The Morgan fingerprint density at radius 2 is 2.14 bits per heavy atom. The van der Waals surface area contributed by atoms with Crippen molar-refractivity contribution >= 4 is 22.8 Å². The molecule has 5 heteroatoms. The van der Waals surface area contributed by atoms with Gasteiger partial charge in [-0.1, -0.05) is 26.8 Å². The Kier molecular flexibility index (Phi) is 5.07. The van der Waals surface area contributed by atoms with Crippen molar-refractivity contribution in [2.45, 2.75) is 32.6 Å². The topological polar surface area (TPSA) is 60.2 Å². The van der Waals surface area contributed by atoms with E-state index in [1.165, 1.54) is 4.88 Å². The molecule has 0 amide bonds. The zero-order chi connectivity index (χ0) is 15.3. The molecule has 0 aliphatic carbocycles. The van der Waals surface area contributed by atoms with E-state index in [0.29, 0.717) is 18.2 Å². The zero-order valence-corrected chi connectivity index (χ0v) is 13.7. The van der Waals surface area contributed by atoms with E-state index in [2.05, 4.69) is 48.6 Å². The minimum Gasteiger partial charge on any atom is -0.476 e. The lowest BCUT2D eigenvalue weighted by Crippen LogP contribution is -2.26. The van der Waals surface area contributed by atoms with Gasteiger partial charge in [-0.3, -0.25) is 0 Å². The summed E-state index contributed by atoms with van der Waals surface area (Å²) in [5.41, 5.74) is 6.51. The summed E-state index contributed by atoms with van der Waals surface area (Å²) in [6.07, 6.45) is 0.935. The molecule has 0 fully saturated rings. The van der Waals surface area contributed by atoms with Gasteiger partial charge in [0.15, 0.2) is 0 Å². The van der Waals surface area contributed by atoms with Crippen molar-refractivity contribution in [3.63, 3.8) is 0 Å². The SMILES string of the molecule is CCCOc1nc(NCC(C)(C)c2cccs2)ccc1N. The van der Waals surface area contributed by atoms with E-state index in [4.69, 9.17) is 10.5 Å². The number of hydrogen-bond acceptors (Lipinski definition) is 5. The van der Waals surface area contributed by atoms with E-state index >= 15 is 0 Å². The highest BCUT2D eigenvalue weighted by molar-refractivity contribution is 7.10. The van der Waals surface area contributed by atoms with Gasteiger partial charge in [0.25, 0.3) is 0 Å². The molecule has 0 saturated carbocycles. The van der Waals surface area contributed by atoms with E-state index in [0.717, 1.165) is 18.8 Å². The highest BCUT2D eigenvalue weighted by Gasteiger charge is 2.21. The van der Waals surface area contributed by atoms with E-state index in [-0.39, 0.29) is 5.41 Å². The highest BCUT2D eigenvalue weighted by atomic mass is 32.1. The van der Waals surface area contributed by atoms with Crippen LogP contribution in [-0.2, 0) is 5.41 Å². The Balaban J connectivity index is 2.03. The molecule has 0 aliphatic rings. The number of aromatic nitrogens is 1. The van der Waals surface area contributed by atoms with Crippen molar-refractivity contribution in [3.8, 4) is 5.88 Å². The molecular weight excluding hydrogens is 282 g/mol. The number of nitrogens with two attached hydrogens (primary N) is 1. The summed E-state index contributed by atoms with van der Waals surface area (Å²) >= 11 is 1.78. The van der Waals surface area contributed by atoms with Gasteiger partial charge in [0.1, 0.15) is 5.82 Å². The minimum atomic E-state index is 0.0572. The molecule has 4 nitrogen and oxygen atoms in total. The Morgan fingerprint density at radius 1 is 1.33 bits per heavy atom. The molecule has 0 radical (unpaired) electrons. The lowest BCUT2D eigenvalue weighted by Gasteiger charge is -2.24. The van der Waals surface area contributed by atoms with E-state index in [1.54, 1.807) is 11.3 Å². The smallest absolute Gasteiger partial charge is 0.239 e. The average Bonchev–Trinajstić information content (AvgIpc) is 3.00. The van der Waals surface area contributed by atoms with Crippen LogP contribution >= 0.6 is 11.3 Å². The summed E-state index contributed by atoms with van der Waals surface area (Å²) in [5.74, 6) is 1.30. The molecule has 2 aromatic heterocycles. The van der Waals surface area contributed by atoms with Crippen LogP contribution < -0.4 is 15.8 Å². The van der Waals surface area contributed by atoms with Gasteiger partial charge >= 0.3 is 0 Å². The zero-order valence-electron chi connectivity index (χ0n) is 12.8. The standard InChI is InChI=1S/C16H23N3OS/c1-4-9-20-15-12(17)7-8-14(19-15)18-11-16(2,3)13-6-5-10-21-13/h5-8,10H,4,9,11,17H2,1-3H3,(H,18,19).